The van der Waals surface area contributed by atoms with Crippen LogP contribution in [0.2, 0.25) is 0 Å². The molecule has 1 aliphatic heterocycles. The second kappa shape index (κ2) is 3.89. The highest BCUT2D eigenvalue weighted by Gasteiger charge is 2.22. The third kappa shape index (κ3) is 1.61. The summed E-state index contributed by atoms with van der Waals surface area (Å²) in [7, 11) is 1.37. The molecule has 0 radical (unpaired) electrons. The van der Waals surface area contributed by atoms with E-state index in [4.69, 9.17) is 9.47 Å². The van der Waals surface area contributed by atoms with Crippen LogP contribution in [0.25, 0.3) is 11.3 Å². The van der Waals surface area contributed by atoms with Crippen LogP contribution in [-0.4, -0.2) is 29.5 Å². The first-order chi connectivity index (χ1) is 8.29. The Bertz CT molecular complexity index is 573. The average molecular weight is 250 g/mol. The molecule has 0 fully saturated rings. The van der Waals surface area contributed by atoms with Crippen molar-refractivity contribution in [3.05, 3.63) is 23.2 Å². The quantitative estimate of drug-likeness (QED) is 0.724. The first-order valence-corrected chi connectivity index (χ1v) is 5.98. The van der Waals surface area contributed by atoms with Gasteiger partial charge < -0.3 is 9.47 Å². The molecule has 6 heteroatoms. The number of thiophene rings is 1. The number of methoxy groups -OCH3 is 1. The maximum absolute atomic E-state index is 11.5. The van der Waals surface area contributed by atoms with E-state index in [2.05, 4.69) is 5.10 Å². The Balaban J connectivity index is 2.13. The van der Waals surface area contributed by atoms with Crippen molar-refractivity contribution in [3.63, 3.8) is 0 Å². The summed E-state index contributed by atoms with van der Waals surface area (Å²) in [4.78, 5) is 12.0. The van der Waals surface area contributed by atoms with Gasteiger partial charge in [-0.25, -0.2) is 4.79 Å². The molecule has 0 aromatic carbocycles. The van der Waals surface area contributed by atoms with E-state index in [1.807, 2.05) is 10.7 Å². The van der Waals surface area contributed by atoms with E-state index in [9.17, 15) is 4.79 Å². The summed E-state index contributed by atoms with van der Waals surface area (Å²) in [5, 5.41) is 4.97. The normalized spacial score (nSPS) is 13.2. The molecule has 88 valence electrons. The third-order valence-corrected chi connectivity index (χ3v) is 3.64. The second-order valence-corrected chi connectivity index (χ2v) is 4.61. The van der Waals surface area contributed by atoms with Crippen LogP contribution in [-0.2, 0) is 11.3 Å². The molecule has 5 nitrogen and oxygen atoms in total. The molecule has 1 aliphatic rings. The third-order valence-electron chi connectivity index (χ3n) is 2.61. The van der Waals surface area contributed by atoms with Crippen LogP contribution in [0.1, 0.15) is 9.67 Å². The zero-order chi connectivity index (χ0) is 11.8. The standard InChI is InChI=1S/C11H10N2O3S/c1-15-10(14)9-6-7-8-2-3-12-13(8)4-5-16-11(7)17-9/h2-3,6H,4-5H2,1H3. The zero-order valence-corrected chi connectivity index (χ0v) is 9.99. The first-order valence-electron chi connectivity index (χ1n) is 5.16. The van der Waals surface area contributed by atoms with Gasteiger partial charge in [0.25, 0.3) is 0 Å². The number of carbonyl (C=O) groups is 1. The minimum Gasteiger partial charge on any atom is -0.481 e. The number of ether oxygens (including phenoxy) is 2. The number of carbonyl (C=O) groups excluding carboxylic acids is 1. The molecule has 0 atom stereocenters. The Hall–Kier alpha value is -1.82. The van der Waals surface area contributed by atoms with Gasteiger partial charge in [-0.15, -0.1) is 0 Å². The molecule has 3 heterocycles. The first kappa shape index (κ1) is 10.3. The molecule has 0 N–H and O–H groups in total. The Morgan fingerprint density at radius 2 is 2.53 bits per heavy atom. The van der Waals surface area contributed by atoms with E-state index >= 15 is 0 Å². The summed E-state index contributed by atoms with van der Waals surface area (Å²) in [6.07, 6.45) is 1.75. The number of hydrogen-bond acceptors (Lipinski definition) is 5. The average Bonchev–Trinajstić information content (AvgIpc) is 2.92. The minimum atomic E-state index is -0.335. The van der Waals surface area contributed by atoms with Crippen LogP contribution >= 0.6 is 11.3 Å². The minimum absolute atomic E-state index is 0.335. The largest absolute Gasteiger partial charge is 0.481 e. The van der Waals surface area contributed by atoms with E-state index in [1.54, 1.807) is 12.3 Å². The number of fused-ring (bicyclic) bond motifs is 3. The SMILES string of the molecule is COC(=O)c1cc2c(s1)OCCn1nccc1-2. The number of aromatic nitrogens is 2. The molecule has 0 saturated carbocycles. The summed E-state index contributed by atoms with van der Waals surface area (Å²) in [6.45, 7) is 1.28. The Morgan fingerprint density at radius 1 is 1.65 bits per heavy atom. The predicted molar refractivity (Wildman–Crippen MR) is 62.4 cm³/mol. The summed E-state index contributed by atoms with van der Waals surface area (Å²) in [6, 6.07) is 3.71. The van der Waals surface area contributed by atoms with Gasteiger partial charge in [0.2, 0.25) is 0 Å². The van der Waals surface area contributed by atoms with E-state index < -0.39 is 0 Å². The molecular weight excluding hydrogens is 240 g/mol. The lowest BCUT2D eigenvalue weighted by atomic mass is 10.2. The van der Waals surface area contributed by atoms with Crippen molar-refractivity contribution in [3.8, 4) is 16.3 Å². The molecule has 0 amide bonds. The van der Waals surface area contributed by atoms with Gasteiger partial charge in [-0.2, -0.15) is 5.10 Å². The van der Waals surface area contributed by atoms with Crippen molar-refractivity contribution in [2.75, 3.05) is 13.7 Å². The highest BCUT2D eigenvalue weighted by molar-refractivity contribution is 7.16. The van der Waals surface area contributed by atoms with Gasteiger partial charge in [-0.3, -0.25) is 4.68 Å². The lowest BCUT2D eigenvalue weighted by Crippen LogP contribution is -2.06. The molecule has 0 saturated heterocycles. The van der Waals surface area contributed by atoms with Crippen LogP contribution in [0.4, 0.5) is 0 Å². The van der Waals surface area contributed by atoms with Gasteiger partial charge in [-0.1, -0.05) is 11.3 Å². The van der Waals surface area contributed by atoms with Gasteiger partial charge in [-0.05, 0) is 12.1 Å². The van der Waals surface area contributed by atoms with E-state index in [1.165, 1.54) is 18.4 Å². The summed E-state index contributed by atoms with van der Waals surface area (Å²) >= 11 is 1.31. The van der Waals surface area contributed by atoms with Crippen molar-refractivity contribution in [1.29, 1.82) is 0 Å². The highest BCUT2D eigenvalue weighted by Crippen LogP contribution is 2.39. The maximum Gasteiger partial charge on any atom is 0.348 e. The van der Waals surface area contributed by atoms with Crippen LogP contribution < -0.4 is 4.74 Å². The monoisotopic (exact) mass is 250 g/mol. The Kier molecular flexibility index (Phi) is 2.36. The second-order valence-electron chi connectivity index (χ2n) is 3.59. The molecule has 0 spiro atoms. The van der Waals surface area contributed by atoms with Gasteiger partial charge in [0.05, 0.1) is 24.9 Å². The predicted octanol–water partition coefficient (Wildman–Crippen LogP) is 1.79. The fourth-order valence-corrected chi connectivity index (χ4v) is 2.78. The molecule has 2 aromatic rings. The smallest absolute Gasteiger partial charge is 0.348 e. The lowest BCUT2D eigenvalue weighted by Gasteiger charge is -2.00. The number of hydrogen-bond donors (Lipinski definition) is 0. The summed E-state index contributed by atoms with van der Waals surface area (Å²) in [5.74, 6) is -0.335. The number of rotatable bonds is 1. The van der Waals surface area contributed by atoms with Gasteiger partial charge in [0, 0.05) is 6.20 Å². The van der Waals surface area contributed by atoms with Crippen molar-refractivity contribution in [2.24, 2.45) is 0 Å². The van der Waals surface area contributed by atoms with Gasteiger partial charge in [0.15, 0.2) is 5.06 Å². The molecular formula is C11H10N2O3S. The van der Waals surface area contributed by atoms with Crippen LogP contribution in [0.3, 0.4) is 0 Å². The number of esters is 1. The van der Waals surface area contributed by atoms with Gasteiger partial charge in [0.1, 0.15) is 11.5 Å². The van der Waals surface area contributed by atoms with Crippen molar-refractivity contribution >= 4 is 17.3 Å². The fraction of sp³-hybridized carbons (Fsp3) is 0.273. The maximum atomic E-state index is 11.5. The van der Waals surface area contributed by atoms with Gasteiger partial charge >= 0.3 is 5.97 Å². The Morgan fingerprint density at radius 3 is 3.35 bits per heavy atom. The van der Waals surface area contributed by atoms with E-state index in [-0.39, 0.29) is 5.97 Å². The molecule has 0 aliphatic carbocycles. The van der Waals surface area contributed by atoms with E-state index in [0.29, 0.717) is 11.5 Å². The van der Waals surface area contributed by atoms with Crippen LogP contribution in [0, 0.1) is 0 Å². The topological polar surface area (TPSA) is 53.4 Å². The van der Waals surface area contributed by atoms with Crippen molar-refractivity contribution in [2.45, 2.75) is 6.54 Å². The highest BCUT2D eigenvalue weighted by atomic mass is 32.1. The lowest BCUT2D eigenvalue weighted by molar-refractivity contribution is 0.0606. The zero-order valence-electron chi connectivity index (χ0n) is 9.17. The molecule has 0 unspecified atom stereocenters. The van der Waals surface area contributed by atoms with Crippen LogP contribution in [0.5, 0.6) is 5.06 Å². The number of nitrogens with zero attached hydrogens (tertiary/aromatic N) is 2. The molecule has 17 heavy (non-hydrogen) atoms. The van der Waals surface area contributed by atoms with E-state index in [0.717, 1.165) is 22.9 Å². The van der Waals surface area contributed by atoms with Crippen molar-refractivity contribution in [1.82, 2.24) is 9.78 Å². The van der Waals surface area contributed by atoms with Crippen molar-refractivity contribution < 1.29 is 14.3 Å². The Labute approximate surface area is 102 Å². The summed E-state index contributed by atoms with van der Waals surface area (Å²) in [5.41, 5.74) is 1.88. The van der Waals surface area contributed by atoms with Crippen LogP contribution in [0.15, 0.2) is 18.3 Å². The molecule has 0 bridgehead atoms. The fourth-order valence-electron chi connectivity index (χ4n) is 1.83. The molecule has 2 aromatic heterocycles. The molecule has 3 rings (SSSR count). The summed E-state index contributed by atoms with van der Waals surface area (Å²) < 4.78 is 12.2.